The molecule has 0 unspecified atom stereocenters. The van der Waals surface area contributed by atoms with Gasteiger partial charge < -0.3 is 14.2 Å². The highest BCUT2D eigenvalue weighted by atomic mass is 35.5. The monoisotopic (exact) mass is 428 g/mol. The number of aromatic nitrogens is 2. The van der Waals surface area contributed by atoms with Crippen molar-refractivity contribution in [3.63, 3.8) is 0 Å². The van der Waals surface area contributed by atoms with Crippen LogP contribution in [0.2, 0.25) is 5.02 Å². The van der Waals surface area contributed by atoms with E-state index in [1.165, 1.54) is 11.7 Å². The summed E-state index contributed by atoms with van der Waals surface area (Å²) in [5.41, 5.74) is 1.94. The van der Waals surface area contributed by atoms with Crippen molar-refractivity contribution < 1.29 is 19.0 Å². The lowest BCUT2D eigenvalue weighted by Crippen LogP contribution is -2.24. The van der Waals surface area contributed by atoms with Gasteiger partial charge in [-0.05, 0) is 49.2 Å². The molecule has 0 bridgehead atoms. The van der Waals surface area contributed by atoms with Gasteiger partial charge >= 0.3 is 5.97 Å². The molecule has 8 heteroatoms. The van der Waals surface area contributed by atoms with Crippen LogP contribution in [0.5, 0.6) is 11.6 Å². The summed E-state index contributed by atoms with van der Waals surface area (Å²) in [6.07, 6.45) is 0. The van der Waals surface area contributed by atoms with E-state index in [-0.39, 0.29) is 17.5 Å². The number of esters is 1. The molecule has 0 N–H and O–H groups in total. The summed E-state index contributed by atoms with van der Waals surface area (Å²) < 4.78 is 17.0. The molecule has 0 atom stereocenters. The third-order valence-corrected chi connectivity index (χ3v) is 4.87. The largest absolute Gasteiger partial charge is 0.497 e. The number of halogens is 1. The molecule has 0 amide bonds. The summed E-state index contributed by atoms with van der Waals surface area (Å²) in [6.45, 7) is 3.66. The number of aryl methyl sites for hydroxylation is 2. The molecule has 0 aliphatic carbocycles. The average molecular weight is 429 g/mol. The van der Waals surface area contributed by atoms with E-state index in [9.17, 15) is 9.59 Å². The highest BCUT2D eigenvalue weighted by Crippen LogP contribution is 2.23. The molecule has 3 rings (SSSR count). The Bertz CT molecular complexity index is 1160. The van der Waals surface area contributed by atoms with Gasteiger partial charge in [-0.3, -0.25) is 9.36 Å². The van der Waals surface area contributed by atoms with Crippen LogP contribution in [0.3, 0.4) is 0 Å². The molecule has 0 saturated heterocycles. The van der Waals surface area contributed by atoms with Gasteiger partial charge in [0.1, 0.15) is 18.2 Å². The molecule has 0 spiro atoms. The minimum absolute atomic E-state index is 0.0417. The molecular weight excluding hydrogens is 408 g/mol. The second kappa shape index (κ2) is 9.00. The number of ether oxygens (including phenoxy) is 3. The molecule has 7 nitrogen and oxygen atoms in total. The minimum Gasteiger partial charge on any atom is -0.497 e. The predicted octanol–water partition coefficient (Wildman–Crippen LogP) is 3.88. The van der Waals surface area contributed by atoms with E-state index in [1.807, 2.05) is 31.2 Å². The summed E-state index contributed by atoms with van der Waals surface area (Å²) in [7, 11) is 2.88. The van der Waals surface area contributed by atoms with Crippen LogP contribution in [0.15, 0.2) is 47.3 Å². The molecule has 0 radical (unpaired) electrons. The fraction of sp³-hybridized carbons (Fsp3) is 0.227. The first-order valence-electron chi connectivity index (χ1n) is 9.10. The molecule has 1 aromatic heterocycles. The van der Waals surface area contributed by atoms with Crippen LogP contribution in [-0.4, -0.2) is 29.7 Å². The number of hydrogen-bond donors (Lipinski definition) is 0. The van der Waals surface area contributed by atoms with Crippen LogP contribution in [0, 0.1) is 13.8 Å². The van der Waals surface area contributed by atoms with Crippen molar-refractivity contribution in [2.24, 2.45) is 0 Å². The molecule has 0 aliphatic rings. The highest BCUT2D eigenvalue weighted by molar-refractivity contribution is 6.31. The number of nitrogens with zero attached hydrogens (tertiary/aromatic N) is 2. The predicted molar refractivity (Wildman–Crippen MR) is 113 cm³/mol. The van der Waals surface area contributed by atoms with Crippen LogP contribution < -0.4 is 15.0 Å². The van der Waals surface area contributed by atoms with E-state index in [2.05, 4.69) is 4.98 Å². The van der Waals surface area contributed by atoms with Crippen LogP contribution >= 0.6 is 11.6 Å². The van der Waals surface area contributed by atoms with Crippen molar-refractivity contribution in [3.8, 4) is 17.3 Å². The Morgan fingerprint density at radius 1 is 1.13 bits per heavy atom. The Kier molecular flexibility index (Phi) is 6.42. The number of rotatable bonds is 6. The molecule has 0 aliphatic heterocycles. The zero-order chi connectivity index (χ0) is 21.8. The van der Waals surface area contributed by atoms with Gasteiger partial charge in [-0.25, -0.2) is 4.79 Å². The maximum absolute atomic E-state index is 13.0. The van der Waals surface area contributed by atoms with E-state index in [0.29, 0.717) is 22.8 Å². The molecule has 0 saturated carbocycles. The van der Waals surface area contributed by atoms with E-state index in [0.717, 1.165) is 11.1 Å². The number of methoxy groups -OCH3 is 2. The molecule has 30 heavy (non-hydrogen) atoms. The second-order valence-electron chi connectivity index (χ2n) is 6.55. The van der Waals surface area contributed by atoms with E-state index < -0.39 is 11.5 Å². The zero-order valence-corrected chi connectivity index (χ0v) is 17.8. The summed E-state index contributed by atoms with van der Waals surface area (Å²) in [4.78, 5) is 29.2. The summed E-state index contributed by atoms with van der Waals surface area (Å²) in [6, 6.07) is 12.3. The standard InChI is InChI=1S/C22H21ClN2O5/c1-13-8-9-16(22(27)29-4)11-18(13)25-14(2)24-20(19(23)21(25)26)30-12-15-6-5-7-17(10-15)28-3/h5-11H,12H2,1-4H3. The number of carbonyl (C=O) groups excluding carboxylic acids is 1. The van der Waals surface area contributed by atoms with Gasteiger partial charge in [-0.15, -0.1) is 0 Å². The van der Waals surface area contributed by atoms with Gasteiger partial charge in [-0.1, -0.05) is 29.8 Å². The maximum Gasteiger partial charge on any atom is 0.337 e. The first-order valence-corrected chi connectivity index (χ1v) is 9.47. The summed E-state index contributed by atoms with van der Waals surface area (Å²) >= 11 is 6.29. The van der Waals surface area contributed by atoms with Gasteiger partial charge in [-0.2, -0.15) is 4.98 Å². The molecule has 156 valence electrons. The van der Waals surface area contributed by atoms with Crippen molar-refractivity contribution in [1.82, 2.24) is 9.55 Å². The lowest BCUT2D eigenvalue weighted by atomic mass is 10.1. The van der Waals surface area contributed by atoms with Crippen LogP contribution in [-0.2, 0) is 11.3 Å². The lowest BCUT2D eigenvalue weighted by Gasteiger charge is -2.16. The van der Waals surface area contributed by atoms with E-state index in [4.69, 9.17) is 25.8 Å². The Morgan fingerprint density at radius 3 is 2.60 bits per heavy atom. The smallest absolute Gasteiger partial charge is 0.337 e. The Morgan fingerprint density at radius 2 is 1.90 bits per heavy atom. The van der Waals surface area contributed by atoms with Gasteiger partial charge in [0.2, 0.25) is 5.88 Å². The first kappa shape index (κ1) is 21.4. The van der Waals surface area contributed by atoms with Crippen molar-refractivity contribution in [2.75, 3.05) is 14.2 Å². The van der Waals surface area contributed by atoms with Gasteiger partial charge in [0.05, 0.1) is 25.5 Å². The topological polar surface area (TPSA) is 79.7 Å². The minimum atomic E-state index is -0.501. The summed E-state index contributed by atoms with van der Waals surface area (Å²) in [5.74, 6) is 0.608. The Hall–Kier alpha value is -3.32. The van der Waals surface area contributed by atoms with E-state index >= 15 is 0 Å². The molecular formula is C22H21ClN2O5. The molecule has 1 heterocycles. The first-order chi connectivity index (χ1) is 14.3. The molecule has 3 aromatic rings. The number of benzene rings is 2. The Balaban J connectivity index is 1.97. The lowest BCUT2D eigenvalue weighted by molar-refractivity contribution is 0.0600. The Labute approximate surface area is 178 Å². The number of hydrogen-bond acceptors (Lipinski definition) is 6. The van der Waals surface area contributed by atoms with Gasteiger partial charge in [0, 0.05) is 0 Å². The highest BCUT2D eigenvalue weighted by Gasteiger charge is 2.18. The third kappa shape index (κ3) is 4.31. The fourth-order valence-electron chi connectivity index (χ4n) is 2.97. The summed E-state index contributed by atoms with van der Waals surface area (Å²) in [5, 5.41) is -0.147. The molecule has 2 aromatic carbocycles. The SMILES string of the molecule is COC(=O)c1ccc(C)c(-n2c(C)nc(OCc3cccc(OC)c3)c(Cl)c2=O)c1. The normalized spacial score (nSPS) is 10.6. The van der Waals surface area contributed by atoms with Crippen LogP contribution in [0.1, 0.15) is 27.3 Å². The van der Waals surface area contributed by atoms with Crippen LogP contribution in [0.4, 0.5) is 0 Å². The zero-order valence-electron chi connectivity index (χ0n) is 17.1. The maximum atomic E-state index is 13.0. The average Bonchev–Trinajstić information content (AvgIpc) is 2.76. The van der Waals surface area contributed by atoms with Crippen molar-refractivity contribution >= 4 is 17.6 Å². The number of carbonyl (C=O) groups is 1. The second-order valence-corrected chi connectivity index (χ2v) is 6.93. The van der Waals surface area contributed by atoms with Gasteiger partial charge in [0.25, 0.3) is 5.56 Å². The fourth-order valence-corrected chi connectivity index (χ4v) is 3.15. The quantitative estimate of drug-likeness (QED) is 0.554. The van der Waals surface area contributed by atoms with Crippen molar-refractivity contribution in [3.05, 3.63) is 80.4 Å². The van der Waals surface area contributed by atoms with Crippen molar-refractivity contribution in [2.45, 2.75) is 20.5 Å². The van der Waals surface area contributed by atoms with E-state index in [1.54, 1.807) is 32.2 Å². The van der Waals surface area contributed by atoms with Crippen LogP contribution in [0.25, 0.3) is 5.69 Å². The molecule has 0 fully saturated rings. The van der Waals surface area contributed by atoms with Crippen molar-refractivity contribution in [1.29, 1.82) is 0 Å². The third-order valence-electron chi connectivity index (χ3n) is 4.55. The van der Waals surface area contributed by atoms with Gasteiger partial charge in [0.15, 0.2) is 5.02 Å².